The minimum atomic E-state index is -1.03. The first-order valence-corrected chi connectivity index (χ1v) is 10.8. The van der Waals surface area contributed by atoms with Gasteiger partial charge in [0.2, 0.25) is 11.9 Å². The van der Waals surface area contributed by atoms with E-state index in [1.165, 1.54) is 12.1 Å². The molecule has 2 atom stereocenters. The molecule has 0 radical (unpaired) electrons. The lowest BCUT2D eigenvalue weighted by atomic mass is 9.90. The molecule has 32 heavy (non-hydrogen) atoms. The molecule has 2 aliphatic heterocycles. The van der Waals surface area contributed by atoms with E-state index in [-0.39, 0.29) is 12.4 Å². The van der Waals surface area contributed by atoms with Crippen molar-refractivity contribution in [3.63, 3.8) is 0 Å². The van der Waals surface area contributed by atoms with Crippen LogP contribution in [-0.4, -0.2) is 55.5 Å². The zero-order valence-corrected chi connectivity index (χ0v) is 18.3. The summed E-state index contributed by atoms with van der Waals surface area (Å²) in [6.45, 7) is 6.57. The number of guanidine groups is 1. The average Bonchev–Trinajstić information content (AvgIpc) is 2.79. The van der Waals surface area contributed by atoms with Gasteiger partial charge in [-0.25, -0.2) is 9.38 Å². The summed E-state index contributed by atoms with van der Waals surface area (Å²) in [4.78, 5) is 34.6. The van der Waals surface area contributed by atoms with E-state index in [2.05, 4.69) is 10.2 Å². The Morgan fingerprint density at radius 3 is 2.47 bits per heavy atom. The number of anilines is 1. The Labute approximate surface area is 186 Å². The van der Waals surface area contributed by atoms with Crippen LogP contribution in [0.1, 0.15) is 24.1 Å². The molecule has 0 spiro atoms. The highest BCUT2D eigenvalue weighted by Crippen LogP contribution is 2.31. The highest BCUT2D eigenvalue weighted by molar-refractivity contribution is 6.08. The fraction of sp³-hybridized carbons (Fsp3) is 0.375. The number of ether oxygens (including phenoxy) is 1. The Bertz CT molecular complexity index is 1020. The van der Waals surface area contributed by atoms with E-state index in [1.54, 1.807) is 19.1 Å². The maximum atomic E-state index is 13.2. The second-order valence-electron chi connectivity index (χ2n) is 7.98. The highest BCUT2D eigenvalue weighted by Gasteiger charge is 2.42. The minimum absolute atomic E-state index is 0.199. The Hall–Kier alpha value is -3.42. The molecule has 1 fully saturated rings. The number of carbonyl (C=O) groups excluding carboxylic acids is 2. The van der Waals surface area contributed by atoms with Crippen LogP contribution in [0.25, 0.3) is 0 Å². The van der Waals surface area contributed by atoms with Crippen LogP contribution in [-0.2, 0) is 14.3 Å². The van der Waals surface area contributed by atoms with E-state index in [1.807, 2.05) is 36.1 Å². The van der Waals surface area contributed by atoms with Crippen molar-refractivity contribution in [2.24, 2.45) is 10.9 Å². The van der Waals surface area contributed by atoms with Gasteiger partial charge < -0.3 is 14.5 Å². The van der Waals surface area contributed by atoms with Crippen molar-refractivity contribution in [2.45, 2.75) is 19.9 Å². The van der Waals surface area contributed by atoms with E-state index in [4.69, 9.17) is 9.73 Å². The fourth-order valence-electron chi connectivity index (χ4n) is 4.15. The zero-order valence-electron chi connectivity index (χ0n) is 18.3. The van der Waals surface area contributed by atoms with Crippen molar-refractivity contribution >= 4 is 23.5 Å². The third-order valence-corrected chi connectivity index (χ3v) is 5.79. The molecule has 2 aromatic rings. The molecule has 0 bridgehead atoms. The van der Waals surface area contributed by atoms with Gasteiger partial charge in [-0.3, -0.25) is 14.9 Å². The van der Waals surface area contributed by atoms with Crippen molar-refractivity contribution in [1.82, 2.24) is 10.2 Å². The highest BCUT2D eigenvalue weighted by atomic mass is 19.1. The van der Waals surface area contributed by atoms with Crippen LogP contribution in [0.3, 0.4) is 0 Å². The van der Waals surface area contributed by atoms with Gasteiger partial charge in [0.1, 0.15) is 11.9 Å². The number of aryl methyl sites for hydroxylation is 1. The maximum Gasteiger partial charge on any atom is 0.321 e. The molecule has 168 valence electrons. The van der Waals surface area contributed by atoms with E-state index in [9.17, 15) is 14.0 Å². The largest absolute Gasteiger partial charge is 0.465 e. The molecule has 2 heterocycles. The molecular weight excluding hydrogens is 411 g/mol. The summed E-state index contributed by atoms with van der Waals surface area (Å²) in [6, 6.07) is 13.5. The number of rotatable bonds is 4. The Balaban J connectivity index is 1.56. The molecule has 8 heteroatoms. The molecule has 0 saturated carbocycles. The first kappa shape index (κ1) is 21.8. The molecule has 1 N–H and O–H groups in total. The van der Waals surface area contributed by atoms with Crippen LogP contribution < -0.4 is 10.2 Å². The lowest BCUT2D eigenvalue weighted by Gasteiger charge is -2.39. The number of hydrogen-bond donors (Lipinski definition) is 1. The standard InChI is InChI=1S/C24H27FN4O3/c1-3-32-23(31)20-21(17-6-4-5-16(2)15-17)26-24(27-22(20)30)29-13-11-28(12-14-29)19-9-7-18(25)8-10-19/h4-10,15,20-21H,3,11-14H2,1-2H3,(H,26,27,30)/t20-,21-/m0/s1. The van der Waals surface area contributed by atoms with Crippen LogP contribution in [0.4, 0.5) is 10.1 Å². The van der Waals surface area contributed by atoms with E-state index >= 15 is 0 Å². The lowest BCUT2D eigenvalue weighted by molar-refractivity contribution is -0.153. The third-order valence-electron chi connectivity index (χ3n) is 5.79. The van der Waals surface area contributed by atoms with Crippen molar-refractivity contribution in [1.29, 1.82) is 0 Å². The summed E-state index contributed by atoms with van der Waals surface area (Å²) >= 11 is 0. The fourth-order valence-corrected chi connectivity index (χ4v) is 4.15. The molecule has 4 rings (SSSR count). The minimum Gasteiger partial charge on any atom is -0.465 e. The number of nitrogens with one attached hydrogen (secondary N) is 1. The van der Waals surface area contributed by atoms with Crippen molar-refractivity contribution < 1.29 is 18.7 Å². The zero-order chi connectivity index (χ0) is 22.7. The molecule has 7 nitrogen and oxygen atoms in total. The lowest BCUT2D eigenvalue weighted by Crippen LogP contribution is -2.57. The number of nitrogens with zero attached hydrogens (tertiary/aromatic N) is 3. The van der Waals surface area contributed by atoms with Gasteiger partial charge in [0.15, 0.2) is 5.92 Å². The second kappa shape index (κ2) is 9.38. The summed E-state index contributed by atoms with van der Waals surface area (Å²) in [7, 11) is 0. The SMILES string of the molecule is CCOC(=O)[C@@H]1C(=O)NC(N2CCN(c3ccc(F)cc3)CC2)=N[C@H]1c1cccc(C)c1. The number of aliphatic imine (C=N–C) groups is 1. The van der Waals surface area contributed by atoms with Gasteiger partial charge in [0, 0.05) is 31.9 Å². The van der Waals surface area contributed by atoms with Gasteiger partial charge >= 0.3 is 5.97 Å². The summed E-state index contributed by atoms with van der Waals surface area (Å²) in [5, 5.41) is 2.82. The predicted octanol–water partition coefficient (Wildman–Crippen LogP) is 2.66. The van der Waals surface area contributed by atoms with Crippen LogP contribution in [0.5, 0.6) is 0 Å². The van der Waals surface area contributed by atoms with Gasteiger partial charge in [-0.05, 0) is 43.7 Å². The monoisotopic (exact) mass is 438 g/mol. The van der Waals surface area contributed by atoms with Gasteiger partial charge in [0.05, 0.1) is 6.61 Å². The van der Waals surface area contributed by atoms with Crippen LogP contribution in [0.2, 0.25) is 0 Å². The van der Waals surface area contributed by atoms with Gasteiger partial charge in [-0.15, -0.1) is 0 Å². The second-order valence-corrected chi connectivity index (χ2v) is 7.98. The number of hydrogen-bond acceptors (Lipinski definition) is 6. The summed E-state index contributed by atoms with van der Waals surface area (Å²) in [5.41, 5.74) is 2.79. The molecule has 0 aliphatic carbocycles. The third kappa shape index (κ3) is 4.59. The molecule has 1 saturated heterocycles. The molecule has 0 aromatic heterocycles. The van der Waals surface area contributed by atoms with E-state index in [0.717, 1.165) is 16.8 Å². The summed E-state index contributed by atoms with van der Waals surface area (Å²) < 4.78 is 18.4. The molecule has 0 unspecified atom stereocenters. The first-order chi connectivity index (χ1) is 15.5. The number of halogens is 1. The summed E-state index contributed by atoms with van der Waals surface area (Å²) in [6.07, 6.45) is 0. The van der Waals surface area contributed by atoms with Crippen molar-refractivity contribution in [3.8, 4) is 0 Å². The number of amides is 1. The Morgan fingerprint density at radius 2 is 1.81 bits per heavy atom. The summed E-state index contributed by atoms with van der Waals surface area (Å²) in [5.74, 6) is -1.78. The van der Waals surface area contributed by atoms with Gasteiger partial charge in [0.25, 0.3) is 0 Å². The average molecular weight is 439 g/mol. The van der Waals surface area contributed by atoms with Gasteiger partial charge in [-0.1, -0.05) is 29.8 Å². The van der Waals surface area contributed by atoms with E-state index in [0.29, 0.717) is 32.1 Å². The van der Waals surface area contributed by atoms with Crippen molar-refractivity contribution in [2.75, 3.05) is 37.7 Å². The molecule has 2 aliphatic rings. The maximum absolute atomic E-state index is 13.2. The van der Waals surface area contributed by atoms with Crippen LogP contribution in [0.15, 0.2) is 53.5 Å². The quantitative estimate of drug-likeness (QED) is 0.587. The molecule has 1 amide bonds. The number of piperazine rings is 1. The normalized spacial score (nSPS) is 21.1. The predicted molar refractivity (Wildman–Crippen MR) is 120 cm³/mol. The first-order valence-electron chi connectivity index (χ1n) is 10.8. The molecule has 2 aromatic carbocycles. The number of benzene rings is 2. The Kier molecular flexibility index (Phi) is 6.39. The topological polar surface area (TPSA) is 74.2 Å². The van der Waals surface area contributed by atoms with E-state index < -0.39 is 23.8 Å². The molecular formula is C24H27FN4O3. The van der Waals surface area contributed by atoms with Crippen LogP contribution in [0, 0.1) is 18.7 Å². The number of carbonyl (C=O) groups is 2. The Morgan fingerprint density at radius 1 is 1.12 bits per heavy atom. The smallest absolute Gasteiger partial charge is 0.321 e. The van der Waals surface area contributed by atoms with Crippen LogP contribution >= 0.6 is 0 Å². The van der Waals surface area contributed by atoms with Gasteiger partial charge in [-0.2, -0.15) is 0 Å². The van der Waals surface area contributed by atoms with Crippen molar-refractivity contribution in [3.05, 3.63) is 65.5 Å². The number of esters is 1.